The zero-order valence-electron chi connectivity index (χ0n) is 14.5. The van der Waals surface area contributed by atoms with E-state index in [0.29, 0.717) is 31.7 Å². The minimum Gasteiger partial charge on any atom is -0.459 e. The largest absolute Gasteiger partial charge is 0.459 e. The van der Waals surface area contributed by atoms with E-state index in [2.05, 4.69) is 17.4 Å². The quantitative estimate of drug-likeness (QED) is 0.898. The summed E-state index contributed by atoms with van der Waals surface area (Å²) in [4.78, 5) is 28.1. The highest BCUT2D eigenvalue weighted by molar-refractivity contribution is 7.99. The smallest absolute Gasteiger partial charge is 0.289 e. The molecule has 0 aliphatic carbocycles. The first-order valence-electron chi connectivity index (χ1n) is 9.07. The topological polar surface area (TPSA) is 62.6 Å². The number of carbonyl (C=O) groups excluding carboxylic acids is 2. The van der Waals surface area contributed by atoms with E-state index in [9.17, 15) is 9.59 Å². The van der Waals surface area contributed by atoms with E-state index >= 15 is 0 Å². The van der Waals surface area contributed by atoms with Crippen LogP contribution in [0.5, 0.6) is 0 Å². The number of likely N-dealkylation sites (tertiary alicyclic amines) is 1. The molecule has 5 nitrogen and oxygen atoms in total. The predicted octanol–water partition coefficient (Wildman–Crippen LogP) is 3.49. The lowest BCUT2D eigenvalue weighted by Crippen LogP contribution is -2.44. The first kappa shape index (κ1) is 17.2. The third kappa shape index (κ3) is 3.51. The van der Waals surface area contributed by atoms with Crippen molar-refractivity contribution in [3.05, 3.63) is 54.0 Å². The second kappa shape index (κ2) is 7.58. The number of carbonyl (C=O) groups is 2. The third-order valence-corrected chi connectivity index (χ3v) is 6.28. The van der Waals surface area contributed by atoms with Gasteiger partial charge in [-0.15, -0.1) is 11.8 Å². The molecule has 1 unspecified atom stereocenters. The molecule has 6 heteroatoms. The maximum atomic E-state index is 12.7. The van der Waals surface area contributed by atoms with Gasteiger partial charge in [0.05, 0.1) is 12.3 Å². The SMILES string of the molecule is O=C(NC1CCSc2ccccc21)C1CCN(C(=O)c2ccco2)CC1. The van der Waals surface area contributed by atoms with Crippen molar-refractivity contribution in [2.75, 3.05) is 18.8 Å². The molecule has 1 N–H and O–H groups in total. The summed E-state index contributed by atoms with van der Waals surface area (Å²) in [5, 5.41) is 3.24. The molecule has 136 valence electrons. The van der Waals surface area contributed by atoms with Gasteiger partial charge in [-0.1, -0.05) is 18.2 Å². The number of rotatable bonds is 3. The molecule has 3 heterocycles. The number of nitrogens with one attached hydrogen (secondary N) is 1. The highest BCUT2D eigenvalue weighted by atomic mass is 32.2. The van der Waals surface area contributed by atoms with Gasteiger partial charge in [-0.2, -0.15) is 0 Å². The summed E-state index contributed by atoms with van der Waals surface area (Å²) in [5.74, 6) is 1.38. The summed E-state index contributed by atoms with van der Waals surface area (Å²) < 4.78 is 5.18. The Kier molecular flexibility index (Phi) is 5.02. The average molecular weight is 370 g/mol. The van der Waals surface area contributed by atoms with Gasteiger partial charge in [-0.25, -0.2) is 0 Å². The predicted molar refractivity (Wildman–Crippen MR) is 100 cm³/mol. The van der Waals surface area contributed by atoms with Crippen LogP contribution in [0, 0.1) is 5.92 Å². The maximum absolute atomic E-state index is 12.7. The molecule has 1 atom stereocenters. The number of nitrogens with zero attached hydrogens (tertiary/aromatic N) is 1. The van der Waals surface area contributed by atoms with Gasteiger partial charge < -0.3 is 14.6 Å². The van der Waals surface area contributed by atoms with Crippen LogP contribution in [0.4, 0.5) is 0 Å². The van der Waals surface area contributed by atoms with Crippen molar-refractivity contribution in [3.8, 4) is 0 Å². The molecule has 2 aliphatic heterocycles. The minimum absolute atomic E-state index is 0.0302. The van der Waals surface area contributed by atoms with Gasteiger partial charge in [-0.05, 0) is 43.0 Å². The van der Waals surface area contributed by atoms with Crippen molar-refractivity contribution in [1.29, 1.82) is 0 Å². The van der Waals surface area contributed by atoms with E-state index in [1.165, 1.54) is 16.7 Å². The van der Waals surface area contributed by atoms with Crippen LogP contribution < -0.4 is 5.32 Å². The van der Waals surface area contributed by atoms with Crippen LogP contribution >= 0.6 is 11.8 Å². The number of benzene rings is 1. The van der Waals surface area contributed by atoms with Gasteiger partial charge in [0, 0.05) is 29.7 Å². The van der Waals surface area contributed by atoms with Crippen molar-refractivity contribution >= 4 is 23.6 Å². The summed E-state index contributed by atoms with van der Waals surface area (Å²) in [7, 11) is 0. The lowest BCUT2D eigenvalue weighted by atomic mass is 9.94. The highest BCUT2D eigenvalue weighted by Crippen LogP contribution is 2.36. The first-order valence-corrected chi connectivity index (χ1v) is 10.1. The summed E-state index contributed by atoms with van der Waals surface area (Å²) >= 11 is 1.85. The zero-order chi connectivity index (χ0) is 17.9. The summed E-state index contributed by atoms with van der Waals surface area (Å²) in [6.07, 6.45) is 3.86. The fraction of sp³-hybridized carbons (Fsp3) is 0.400. The van der Waals surface area contributed by atoms with Crippen LogP contribution in [0.3, 0.4) is 0 Å². The van der Waals surface area contributed by atoms with E-state index < -0.39 is 0 Å². The van der Waals surface area contributed by atoms with Gasteiger partial charge in [0.25, 0.3) is 5.91 Å². The molecule has 1 saturated heterocycles. The van der Waals surface area contributed by atoms with Crippen LogP contribution in [0.25, 0.3) is 0 Å². The van der Waals surface area contributed by atoms with Crippen molar-refractivity contribution < 1.29 is 14.0 Å². The van der Waals surface area contributed by atoms with Gasteiger partial charge >= 0.3 is 0 Å². The lowest BCUT2D eigenvalue weighted by molar-refractivity contribution is -0.127. The van der Waals surface area contributed by atoms with Crippen LogP contribution in [-0.4, -0.2) is 35.6 Å². The molecule has 1 aromatic heterocycles. The molecule has 0 saturated carbocycles. The van der Waals surface area contributed by atoms with Crippen molar-refractivity contribution in [1.82, 2.24) is 10.2 Å². The molecule has 0 radical (unpaired) electrons. The molecule has 0 bridgehead atoms. The van der Waals surface area contributed by atoms with E-state index in [1.54, 1.807) is 17.0 Å². The van der Waals surface area contributed by atoms with Crippen LogP contribution in [0.2, 0.25) is 0 Å². The molecule has 1 aromatic carbocycles. The second-order valence-corrected chi connectivity index (χ2v) is 7.92. The normalized spacial score (nSPS) is 20.5. The number of thioether (sulfide) groups is 1. The Morgan fingerprint density at radius 2 is 1.88 bits per heavy atom. The maximum Gasteiger partial charge on any atom is 0.289 e. The summed E-state index contributed by atoms with van der Waals surface area (Å²) in [6.45, 7) is 1.18. The molecule has 2 amide bonds. The fourth-order valence-corrected chi connectivity index (χ4v) is 4.81. The second-order valence-electron chi connectivity index (χ2n) is 6.78. The molecular weight excluding hydrogens is 348 g/mol. The standard InChI is InChI=1S/C20H22N2O3S/c23-19(21-16-9-13-26-18-6-2-1-4-15(16)18)14-7-10-22(11-8-14)20(24)17-5-3-12-25-17/h1-6,12,14,16H,7-11,13H2,(H,21,23). The Bertz CT molecular complexity index is 782. The monoisotopic (exact) mass is 370 g/mol. The average Bonchev–Trinajstić information content (AvgIpc) is 3.23. The number of amides is 2. The van der Waals surface area contributed by atoms with Gasteiger partial charge in [0.15, 0.2) is 5.76 Å². The van der Waals surface area contributed by atoms with E-state index in [0.717, 1.165) is 12.2 Å². The summed E-state index contributed by atoms with van der Waals surface area (Å²) in [6, 6.07) is 11.8. The Morgan fingerprint density at radius 3 is 2.65 bits per heavy atom. The number of furan rings is 1. The third-order valence-electron chi connectivity index (χ3n) is 5.16. The number of hydrogen-bond donors (Lipinski definition) is 1. The molecule has 26 heavy (non-hydrogen) atoms. The van der Waals surface area contributed by atoms with Gasteiger partial charge in [0.1, 0.15) is 0 Å². The van der Waals surface area contributed by atoms with Crippen molar-refractivity contribution in [3.63, 3.8) is 0 Å². The Labute approximate surface area is 157 Å². The molecule has 0 spiro atoms. The fourth-order valence-electron chi connectivity index (χ4n) is 3.68. The van der Waals surface area contributed by atoms with Crippen molar-refractivity contribution in [2.45, 2.75) is 30.2 Å². The zero-order valence-corrected chi connectivity index (χ0v) is 15.3. The minimum atomic E-state index is -0.0907. The molecule has 2 aromatic rings. The van der Waals surface area contributed by atoms with Crippen LogP contribution in [0.1, 0.15) is 41.4 Å². The van der Waals surface area contributed by atoms with Gasteiger partial charge in [0.2, 0.25) is 5.91 Å². The Morgan fingerprint density at radius 1 is 1.08 bits per heavy atom. The number of piperidine rings is 1. The number of hydrogen-bond acceptors (Lipinski definition) is 4. The number of fused-ring (bicyclic) bond motifs is 1. The first-order chi connectivity index (χ1) is 12.7. The van der Waals surface area contributed by atoms with Crippen LogP contribution in [0.15, 0.2) is 52.0 Å². The Balaban J connectivity index is 1.34. The molecule has 1 fully saturated rings. The highest BCUT2D eigenvalue weighted by Gasteiger charge is 2.30. The van der Waals surface area contributed by atoms with E-state index in [1.807, 2.05) is 23.9 Å². The summed E-state index contributed by atoms with van der Waals surface area (Å²) in [5.41, 5.74) is 1.22. The van der Waals surface area contributed by atoms with E-state index in [-0.39, 0.29) is 23.8 Å². The molecule has 2 aliphatic rings. The molecular formula is C20H22N2O3S. The van der Waals surface area contributed by atoms with Crippen molar-refractivity contribution in [2.24, 2.45) is 5.92 Å². The van der Waals surface area contributed by atoms with Gasteiger partial charge in [-0.3, -0.25) is 9.59 Å². The lowest BCUT2D eigenvalue weighted by Gasteiger charge is -2.32. The van der Waals surface area contributed by atoms with E-state index in [4.69, 9.17) is 4.42 Å². The van der Waals surface area contributed by atoms with Crippen LogP contribution in [-0.2, 0) is 4.79 Å². The molecule has 4 rings (SSSR count). The Hall–Kier alpha value is -2.21.